The summed E-state index contributed by atoms with van der Waals surface area (Å²) in [5.74, 6) is -0.977. The van der Waals surface area contributed by atoms with E-state index in [0.29, 0.717) is 12.8 Å². The molecule has 2 aromatic carbocycles. The Bertz CT molecular complexity index is 785. The fourth-order valence-electron chi connectivity index (χ4n) is 4.72. The Morgan fingerprint density at radius 2 is 1.70 bits per heavy atom. The van der Waals surface area contributed by atoms with Crippen LogP contribution >= 0.6 is 0 Å². The third kappa shape index (κ3) is 3.56. The van der Waals surface area contributed by atoms with Crippen molar-refractivity contribution in [2.24, 2.45) is 0 Å². The number of nitrogens with zero attached hydrogens (tertiary/aromatic N) is 1. The summed E-state index contributed by atoms with van der Waals surface area (Å²) < 4.78 is 44.6. The minimum Gasteiger partial charge on any atom is -0.434 e. The predicted octanol–water partition coefficient (Wildman–Crippen LogP) is 4.44. The number of hydrogen-bond acceptors (Lipinski definition) is 3. The summed E-state index contributed by atoms with van der Waals surface area (Å²) in [5.41, 5.74) is -0.455. The van der Waals surface area contributed by atoms with E-state index in [1.54, 1.807) is 0 Å². The van der Waals surface area contributed by atoms with Gasteiger partial charge in [0, 0.05) is 18.6 Å². The van der Waals surface area contributed by atoms with Crippen molar-refractivity contribution < 1.29 is 23.0 Å². The number of halogens is 3. The molecule has 1 N–H and O–H groups in total. The number of ether oxygens (including phenoxy) is 1. The van der Waals surface area contributed by atoms with Gasteiger partial charge in [-0.1, -0.05) is 36.4 Å². The van der Waals surface area contributed by atoms with Gasteiger partial charge in [0.05, 0.1) is 11.2 Å². The predicted molar refractivity (Wildman–Crippen MR) is 95.0 cm³/mol. The van der Waals surface area contributed by atoms with Crippen LogP contribution < -0.4 is 4.74 Å². The molecule has 2 saturated heterocycles. The van der Waals surface area contributed by atoms with Crippen LogP contribution in [0.5, 0.6) is 5.75 Å². The maximum atomic E-state index is 14.6. The van der Waals surface area contributed by atoms with Gasteiger partial charge in [0.2, 0.25) is 0 Å². The fourth-order valence-corrected chi connectivity index (χ4v) is 4.72. The molecule has 0 saturated carbocycles. The molecule has 2 heterocycles. The molecule has 144 valence electrons. The summed E-state index contributed by atoms with van der Waals surface area (Å²) in [6.45, 7) is -2.30. The van der Waals surface area contributed by atoms with Gasteiger partial charge in [-0.05, 0) is 43.4 Å². The van der Waals surface area contributed by atoms with E-state index in [1.807, 2.05) is 18.2 Å². The van der Waals surface area contributed by atoms with E-state index in [-0.39, 0.29) is 23.4 Å². The number of benzene rings is 2. The van der Waals surface area contributed by atoms with Crippen LogP contribution in [0.15, 0.2) is 48.5 Å². The Labute approximate surface area is 156 Å². The Hall–Kier alpha value is -2.05. The quantitative estimate of drug-likeness (QED) is 0.836. The Morgan fingerprint density at radius 1 is 1.04 bits per heavy atom. The number of fused-ring (bicyclic) bond motifs is 2. The van der Waals surface area contributed by atoms with Crippen molar-refractivity contribution >= 4 is 0 Å². The number of rotatable bonds is 5. The summed E-state index contributed by atoms with van der Waals surface area (Å²) in [4.78, 5) is 2.35. The first-order valence-corrected chi connectivity index (χ1v) is 9.22. The molecular formula is C21H22F3NO2. The Morgan fingerprint density at radius 3 is 2.33 bits per heavy atom. The molecule has 2 fully saturated rings. The molecule has 27 heavy (non-hydrogen) atoms. The van der Waals surface area contributed by atoms with Gasteiger partial charge < -0.3 is 9.84 Å². The van der Waals surface area contributed by atoms with E-state index in [4.69, 9.17) is 0 Å². The highest BCUT2D eigenvalue weighted by molar-refractivity contribution is 5.40. The van der Waals surface area contributed by atoms with Crippen molar-refractivity contribution in [1.82, 2.24) is 4.90 Å². The van der Waals surface area contributed by atoms with E-state index in [9.17, 15) is 18.3 Å². The monoisotopic (exact) mass is 377 g/mol. The number of piperidine rings is 1. The van der Waals surface area contributed by atoms with Gasteiger partial charge in [-0.3, -0.25) is 4.90 Å². The van der Waals surface area contributed by atoms with Gasteiger partial charge in [-0.15, -0.1) is 0 Å². The van der Waals surface area contributed by atoms with Gasteiger partial charge in [0.25, 0.3) is 0 Å². The molecule has 0 radical (unpaired) electrons. The van der Waals surface area contributed by atoms with E-state index in [2.05, 4.69) is 21.8 Å². The molecule has 0 amide bonds. The van der Waals surface area contributed by atoms with E-state index in [0.717, 1.165) is 19.4 Å². The average molecular weight is 377 g/mol. The molecule has 4 rings (SSSR count). The lowest BCUT2D eigenvalue weighted by molar-refractivity contribution is -0.0749. The van der Waals surface area contributed by atoms with Gasteiger partial charge in [-0.25, -0.2) is 4.39 Å². The second kappa shape index (κ2) is 7.17. The van der Waals surface area contributed by atoms with Crippen LogP contribution in [0.3, 0.4) is 0 Å². The molecular weight excluding hydrogens is 355 g/mol. The molecule has 6 heteroatoms. The van der Waals surface area contributed by atoms with Crippen molar-refractivity contribution in [3.63, 3.8) is 0 Å². The standard InChI is InChI=1S/C21H22F3NO2/c22-17-7-4-8-18(27-20(23)24)19(17)21(26)11-15-9-10-16(12-21)25(15)13-14-5-2-1-3-6-14/h1-8,15-16,20,26H,9-13H2. The zero-order valence-corrected chi connectivity index (χ0v) is 14.8. The lowest BCUT2D eigenvalue weighted by atomic mass is 9.79. The lowest BCUT2D eigenvalue weighted by Crippen LogP contribution is -2.49. The van der Waals surface area contributed by atoms with Crippen molar-refractivity contribution in [2.75, 3.05) is 0 Å². The van der Waals surface area contributed by atoms with Gasteiger partial charge in [-0.2, -0.15) is 8.78 Å². The van der Waals surface area contributed by atoms with E-state index in [1.165, 1.54) is 23.8 Å². The van der Waals surface area contributed by atoms with Crippen molar-refractivity contribution in [1.29, 1.82) is 0 Å². The van der Waals surface area contributed by atoms with Crippen LogP contribution in [0.4, 0.5) is 13.2 Å². The molecule has 2 atom stereocenters. The lowest BCUT2D eigenvalue weighted by Gasteiger charge is -2.44. The maximum absolute atomic E-state index is 14.6. The molecule has 3 nitrogen and oxygen atoms in total. The third-order valence-electron chi connectivity index (χ3n) is 5.78. The van der Waals surface area contributed by atoms with Crippen LogP contribution in [0.1, 0.15) is 36.8 Å². The minimum atomic E-state index is -3.07. The van der Waals surface area contributed by atoms with Gasteiger partial charge >= 0.3 is 6.61 Å². The maximum Gasteiger partial charge on any atom is 0.387 e. The zero-order chi connectivity index (χ0) is 19.0. The van der Waals surface area contributed by atoms with Gasteiger partial charge in [0.1, 0.15) is 11.6 Å². The first kappa shape index (κ1) is 18.3. The zero-order valence-electron chi connectivity index (χ0n) is 14.8. The van der Waals surface area contributed by atoms with Crippen molar-refractivity contribution in [3.8, 4) is 5.75 Å². The summed E-state index contributed by atoms with van der Waals surface area (Å²) in [7, 11) is 0. The smallest absolute Gasteiger partial charge is 0.387 e. The first-order valence-electron chi connectivity index (χ1n) is 9.22. The normalized spacial score (nSPS) is 27.9. The summed E-state index contributed by atoms with van der Waals surface area (Å²) in [6, 6.07) is 14.0. The molecule has 0 spiro atoms. The highest BCUT2D eigenvalue weighted by Gasteiger charge is 2.50. The first-order chi connectivity index (χ1) is 13.0. The highest BCUT2D eigenvalue weighted by Crippen LogP contribution is 2.49. The molecule has 0 aliphatic carbocycles. The van der Waals surface area contributed by atoms with Crippen LogP contribution in [-0.2, 0) is 12.1 Å². The van der Waals surface area contributed by atoms with Crippen LogP contribution in [0.25, 0.3) is 0 Å². The Balaban J connectivity index is 1.61. The average Bonchev–Trinajstić information content (AvgIpc) is 2.86. The molecule has 2 aromatic rings. The van der Waals surface area contributed by atoms with Crippen LogP contribution in [-0.4, -0.2) is 28.7 Å². The molecule has 0 aromatic heterocycles. The van der Waals surface area contributed by atoms with Crippen molar-refractivity contribution in [3.05, 3.63) is 65.5 Å². The second-order valence-electron chi connectivity index (χ2n) is 7.47. The Kier molecular flexibility index (Phi) is 4.86. The highest BCUT2D eigenvalue weighted by atomic mass is 19.3. The molecule has 2 unspecified atom stereocenters. The topological polar surface area (TPSA) is 32.7 Å². The minimum absolute atomic E-state index is 0.0768. The van der Waals surface area contributed by atoms with Crippen molar-refractivity contribution in [2.45, 2.75) is 56.5 Å². The molecule has 2 aliphatic rings. The summed E-state index contributed by atoms with van der Waals surface area (Å²) in [6.07, 6.45) is 2.41. The molecule has 2 aliphatic heterocycles. The third-order valence-corrected chi connectivity index (χ3v) is 5.78. The molecule has 2 bridgehead atoms. The van der Waals surface area contributed by atoms with Gasteiger partial charge in [0.15, 0.2) is 0 Å². The van der Waals surface area contributed by atoms with Crippen LogP contribution in [0, 0.1) is 5.82 Å². The summed E-state index contributed by atoms with van der Waals surface area (Å²) >= 11 is 0. The van der Waals surface area contributed by atoms with Crippen LogP contribution in [0.2, 0.25) is 0 Å². The number of alkyl halides is 2. The van der Waals surface area contributed by atoms with E-state index < -0.39 is 18.0 Å². The number of aliphatic hydroxyl groups is 1. The number of hydrogen-bond donors (Lipinski definition) is 1. The second-order valence-corrected chi connectivity index (χ2v) is 7.47. The summed E-state index contributed by atoms with van der Waals surface area (Å²) in [5, 5.41) is 11.3. The fraction of sp³-hybridized carbons (Fsp3) is 0.429. The SMILES string of the molecule is OC1(c2c(F)cccc2OC(F)F)CC2CCC(C1)N2Cc1ccccc1. The van der Waals surface area contributed by atoms with E-state index >= 15 is 0 Å². The largest absolute Gasteiger partial charge is 0.434 e.